The van der Waals surface area contributed by atoms with Crippen molar-refractivity contribution in [1.29, 1.82) is 0 Å². The van der Waals surface area contributed by atoms with Crippen molar-refractivity contribution < 1.29 is 14.8 Å². The third-order valence-corrected chi connectivity index (χ3v) is 2.79. The van der Waals surface area contributed by atoms with Crippen molar-refractivity contribution in [3.8, 4) is 11.5 Å². The number of aromatic hydroxyl groups is 2. The van der Waals surface area contributed by atoms with E-state index in [1.807, 2.05) is 13.3 Å². The molecule has 1 atom stereocenters. The van der Waals surface area contributed by atoms with Gasteiger partial charge in [-0.1, -0.05) is 0 Å². The minimum Gasteiger partial charge on any atom is -0.504 e. The third kappa shape index (κ3) is 1.35. The molecular formula is C11H14NO2+. The summed E-state index contributed by atoms with van der Waals surface area (Å²) in [4.78, 5) is 0. The second-order valence-corrected chi connectivity index (χ2v) is 3.89. The lowest BCUT2D eigenvalue weighted by Gasteiger charge is -2.16. The molecule has 0 radical (unpaired) electrons. The first-order valence-corrected chi connectivity index (χ1v) is 4.69. The first-order valence-electron chi connectivity index (χ1n) is 4.69. The highest BCUT2D eigenvalue weighted by molar-refractivity contribution is 5.80. The van der Waals surface area contributed by atoms with E-state index in [9.17, 15) is 10.2 Å². The van der Waals surface area contributed by atoms with Gasteiger partial charge in [-0.2, -0.15) is 0 Å². The lowest BCUT2D eigenvalue weighted by molar-refractivity contribution is -0.530. The van der Waals surface area contributed by atoms with E-state index in [-0.39, 0.29) is 11.5 Å². The van der Waals surface area contributed by atoms with Gasteiger partial charge in [0.25, 0.3) is 0 Å². The Morgan fingerprint density at radius 2 is 1.93 bits per heavy atom. The zero-order valence-corrected chi connectivity index (χ0v) is 8.36. The maximum atomic E-state index is 9.35. The van der Waals surface area contributed by atoms with Crippen molar-refractivity contribution >= 4 is 6.21 Å². The van der Waals surface area contributed by atoms with Crippen LogP contribution >= 0.6 is 0 Å². The monoisotopic (exact) mass is 192 g/mol. The minimum absolute atomic E-state index is 0.0334. The summed E-state index contributed by atoms with van der Waals surface area (Å²) in [5, 5.41) is 18.7. The third-order valence-electron chi connectivity index (χ3n) is 2.79. The largest absolute Gasteiger partial charge is 0.504 e. The molecule has 74 valence electrons. The van der Waals surface area contributed by atoms with E-state index in [0.717, 1.165) is 17.5 Å². The van der Waals surface area contributed by atoms with Crippen LogP contribution in [0.25, 0.3) is 0 Å². The van der Waals surface area contributed by atoms with Gasteiger partial charge in [0.2, 0.25) is 0 Å². The van der Waals surface area contributed by atoms with Crippen molar-refractivity contribution in [3.63, 3.8) is 0 Å². The van der Waals surface area contributed by atoms with Crippen molar-refractivity contribution in [2.45, 2.75) is 19.4 Å². The van der Waals surface area contributed by atoms with Gasteiger partial charge in [0.05, 0.1) is 0 Å². The van der Waals surface area contributed by atoms with Gasteiger partial charge in [0, 0.05) is 12.0 Å². The Bertz CT molecular complexity index is 410. The number of benzene rings is 1. The summed E-state index contributed by atoms with van der Waals surface area (Å²) in [5.41, 5.74) is 2.08. The van der Waals surface area contributed by atoms with Crippen LogP contribution in [-0.4, -0.2) is 34.1 Å². The molecule has 0 amide bonds. The minimum atomic E-state index is -0.0528. The number of fused-ring (bicyclic) bond motifs is 1. The molecule has 0 fully saturated rings. The molecule has 14 heavy (non-hydrogen) atoms. The lowest BCUT2D eigenvalue weighted by atomic mass is 9.97. The number of hydrogen-bond donors (Lipinski definition) is 2. The van der Waals surface area contributed by atoms with E-state index in [1.165, 1.54) is 0 Å². The second-order valence-electron chi connectivity index (χ2n) is 3.89. The van der Waals surface area contributed by atoms with E-state index in [1.54, 1.807) is 12.1 Å². The number of phenols is 2. The molecule has 3 heteroatoms. The van der Waals surface area contributed by atoms with Gasteiger partial charge in [0.15, 0.2) is 23.8 Å². The van der Waals surface area contributed by atoms with Crippen LogP contribution in [0.3, 0.4) is 0 Å². The fraction of sp³-hybridized carbons (Fsp3) is 0.364. The normalized spacial score (nSPS) is 20.1. The molecule has 1 aliphatic heterocycles. The SMILES string of the molecule is C[C@@H]1Cc2cc(O)c(O)cc2C=[N+]1C. The van der Waals surface area contributed by atoms with E-state index in [4.69, 9.17) is 0 Å². The lowest BCUT2D eigenvalue weighted by Crippen LogP contribution is -2.27. The van der Waals surface area contributed by atoms with Crippen LogP contribution in [0.15, 0.2) is 12.1 Å². The summed E-state index contributed by atoms with van der Waals surface area (Å²) in [6, 6.07) is 3.68. The predicted octanol–water partition coefficient (Wildman–Crippen LogP) is 1.10. The highest BCUT2D eigenvalue weighted by Gasteiger charge is 2.21. The van der Waals surface area contributed by atoms with Gasteiger partial charge in [0.1, 0.15) is 7.05 Å². The van der Waals surface area contributed by atoms with E-state index >= 15 is 0 Å². The van der Waals surface area contributed by atoms with Gasteiger partial charge < -0.3 is 10.2 Å². The molecule has 0 aromatic heterocycles. The van der Waals surface area contributed by atoms with Gasteiger partial charge in [-0.3, -0.25) is 0 Å². The van der Waals surface area contributed by atoms with Gasteiger partial charge in [-0.15, -0.1) is 0 Å². The zero-order chi connectivity index (χ0) is 10.3. The van der Waals surface area contributed by atoms with Crippen LogP contribution in [-0.2, 0) is 6.42 Å². The average Bonchev–Trinajstić information content (AvgIpc) is 2.11. The van der Waals surface area contributed by atoms with Crippen LogP contribution in [0, 0.1) is 0 Å². The Morgan fingerprint density at radius 3 is 2.64 bits per heavy atom. The van der Waals surface area contributed by atoms with Crippen molar-refractivity contribution in [1.82, 2.24) is 0 Å². The number of likely N-dealkylation sites (N-methyl/N-ethyl adjacent to an activating group) is 1. The summed E-state index contributed by atoms with van der Waals surface area (Å²) in [6.07, 6.45) is 2.89. The Morgan fingerprint density at radius 1 is 1.29 bits per heavy atom. The number of hydrogen-bond acceptors (Lipinski definition) is 2. The molecule has 2 rings (SSSR count). The molecule has 0 unspecified atom stereocenters. The Balaban J connectivity index is 2.55. The molecule has 0 spiro atoms. The summed E-state index contributed by atoms with van der Waals surface area (Å²) in [6.45, 7) is 2.13. The van der Waals surface area contributed by atoms with Crippen LogP contribution in [0.5, 0.6) is 11.5 Å². The number of rotatable bonds is 0. The van der Waals surface area contributed by atoms with Crippen LogP contribution in [0.1, 0.15) is 18.1 Å². The second kappa shape index (κ2) is 3.01. The highest BCUT2D eigenvalue weighted by Crippen LogP contribution is 2.29. The molecular weight excluding hydrogens is 178 g/mol. The van der Waals surface area contributed by atoms with Crippen LogP contribution in [0.4, 0.5) is 0 Å². The van der Waals surface area contributed by atoms with Gasteiger partial charge in [-0.25, -0.2) is 4.58 Å². The van der Waals surface area contributed by atoms with E-state index in [2.05, 4.69) is 11.5 Å². The maximum absolute atomic E-state index is 9.35. The smallest absolute Gasteiger partial charge is 0.171 e. The maximum Gasteiger partial charge on any atom is 0.171 e. The average molecular weight is 192 g/mol. The Labute approximate surface area is 82.9 Å². The quantitative estimate of drug-likeness (QED) is 0.477. The molecule has 1 aromatic carbocycles. The van der Waals surface area contributed by atoms with Gasteiger partial charge in [-0.05, 0) is 24.6 Å². The van der Waals surface area contributed by atoms with E-state index in [0.29, 0.717) is 6.04 Å². The summed E-state index contributed by atoms with van der Waals surface area (Å²) in [7, 11) is 2.01. The first-order chi connectivity index (χ1) is 6.58. The molecule has 0 bridgehead atoms. The fourth-order valence-corrected chi connectivity index (χ4v) is 1.74. The summed E-state index contributed by atoms with van der Waals surface area (Å²) in [5.74, 6) is -0.0862. The molecule has 3 nitrogen and oxygen atoms in total. The number of phenolic OH excluding ortho intramolecular Hbond substituents is 2. The molecule has 1 aliphatic rings. The van der Waals surface area contributed by atoms with Gasteiger partial charge >= 0.3 is 0 Å². The van der Waals surface area contributed by atoms with Crippen LogP contribution in [0.2, 0.25) is 0 Å². The Hall–Kier alpha value is -1.51. The molecule has 0 saturated carbocycles. The molecule has 1 aromatic rings. The molecule has 1 heterocycles. The number of nitrogens with zero attached hydrogens (tertiary/aromatic N) is 1. The standard InChI is InChI=1S/C11H13NO2/c1-7-3-8-4-10(13)11(14)5-9(8)6-12(7)2/h4-7,14H,3H2,1-2H3/p+1/t7-/m1/s1. The highest BCUT2D eigenvalue weighted by atomic mass is 16.3. The summed E-state index contributed by atoms with van der Waals surface area (Å²) >= 11 is 0. The topological polar surface area (TPSA) is 43.5 Å². The predicted molar refractivity (Wildman–Crippen MR) is 54.3 cm³/mol. The van der Waals surface area contributed by atoms with E-state index < -0.39 is 0 Å². The van der Waals surface area contributed by atoms with Crippen LogP contribution < -0.4 is 0 Å². The fourth-order valence-electron chi connectivity index (χ4n) is 1.74. The van der Waals surface area contributed by atoms with Crippen molar-refractivity contribution in [3.05, 3.63) is 23.3 Å². The van der Waals surface area contributed by atoms with Crippen molar-refractivity contribution in [2.24, 2.45) is 0 Å². The Kier molecular flexibility index (Phi) is 1.95. The molecule has 2 N–H and O–H groups in total. The summed E-state index contributed by atoms with van der Waals surface area (Å²) < 4.78 is 2.11. The first kappa shape index (κ1) is 9.06. The van der Waals surface area contributed by atoms with Crippen molar-refractivity contribution in [2.75, 3.05) is 7.05 Å². The molecule has 0 saturated heterocycles. The zero-order valence-electron chi connectivity index (χ0n) is 8.36. The molecule has 0 aliphatic carbocycles.